The van der Waals surface area contributed by atoms with Gasteiger partial charge in [-0.05, 0) is 30.7 Å². The van der Waals surface area contributed by atoms with Crippen LogP contribution in [0.3, 0.4) is 0 Å². The Kier molecular flexibility index (Phi) is 8.26. The highest BCUT2D eigenvalue weighted by Gasteiger charge is 2.29. The zero-order valence-electron chi connectivity index (χ0n) is 16.1. The lowest BCUT2D eigenvalue weighted by Gasteiger charge is -2.38. The van der Waals surface area contributed by atoms with Crippen molar-refractivity contribution in [2.75, 3.05) is 26.2 Å². The molecule has 0 aliphatic carbocycles. The van der Waals surface area contributed by atoms with E-state index in [-0.39, 0.29) is 6.09 Å². The summed E-state index contributed by atoms with van der Waals surface area (Å²) in [6.45, 7) is 10.8. The van der Waals surface area contributed by atoms with Crippen LogP contribution in [0.15, 0.2) is 30.3 Å². The molecule has 1 saturated heterocycles. The Hall–Kier alpha value is -1.55. The number of carbonyl (C=O) groups excluding carboxylic acids is 1. The number of piperidine rings is 1. The number of nitrogens with zero attached hydrogens (tertiary/aromatic N) is 2. The van der Waals surface area contributed by atoms with Crippen LogP contribution >= 0.6 is 0 Å². The van der Waals surface area contributed by atoms with Crippen molar-refractivity contribution in [3.63, 3.8) is 0 Å². The van der Waals surface area contributed by atoms with Crippen LogP contribution < -0.4 is 0 Å². The maximum atomic E-state index is 12.5. The molecule has 1 aliphatic heterocycles. The minimum absolute atomic E-state index is 0.122. The Labute approximate surface area is 153 Å². The highest BCUT2D eigenvalue weighted by molar-refractivity contribution is 5.68. The Bertz CT molecular complexity index is 496. The van der Waals surface area contributed by atoms with Crippen LogP contribution in [0.2, 0.25) is 0 Å². The molecule has 2 rings (SSSR count). The van der Waals surface area contributed by atoms with Crippen LogP contribution in [-0.4, -0.2) is 48.2 Å². The molecule has 1 aromatic rings. The van der Waals surface area contributed by atoms with E-state index >= 15 is 0 Å². The van der Waals surface area contributed by atoms with Crippen LogP contribution in [-0.2, 0) is 11.3 Å². The molecule has 1 amide bonds. The lowest BCUT2D eigenvalue weighted by molar-refractivity contribution is 0.0577. The number of ether oxygens (including phenoxy) is 1. The van der Waals surface area contributed by atoms with Crippen molar-refractivity contribution in [2.24, 2.45) is 5.92 Å². The third kappa shape index (κ3) is 6.69. The largest absolute Gasteiger partial charge is 0.449 e. The van der Waals surface area contributed by atoms with Gasteiger partial charge in [-0.1, -0.05) is 57.5 Å². The van der Waals surface area contributed by atoms with Crippen molar-refractivity contribution in [3.05, 3.63) is 35.9 Å². The molecule has 1 aliphatic rings. The summed E-state index contributed by atoms with van der Waals surface area (Å²) in [5.41, 5.74) is 1.36. The average Bonchev–Trinajstić information content (AvgIpc) is 2.61. The van der Waals surface area contributed by atoms with Gasteiger partial charge in [0.05, 0.1) is 6.61 Å². The SMILES string of the molecule is CCCCOC(=O)N(CC(C)C)C1CCN(Cc2ccccc2)CC1. The first-order valence-electron chi connectivity index (χ1n) is 9.79. The van der Waals surface area contributed by atoms with E-state index in [9.17, 15) is 4.79 Å². The fraction of sp³-hybridized carbons (Fsp3) is 0.667. The van der Waals surface area contributed by atoms with Gasteiger partial charge in [0.15, 0.2) is 0 Å². The Balaban J connectivity index is 1.86. The van der Waals surface area contributed by atoms with Crippen LogP contribution in [0.4, 0.5) is 4.79 Å². The highest BCUT2D eigenvalue weighted by atomic mass is 16.6. The number of rotatable bonds is 8. The first-order valence-corrected chi connectivity index (χ1v) is 9.79. The quantitative estimate of drug-likeness (QED) is 0.648. The van der Waals surface area contributed by atoms with E-state index in [1.165, 1.54) is 5.56 Å². The van der Waals surface area contributed by atoms with Gasteiger partial charge in [-0.2, -0.15) is 0 Å². The Morgan fingerprint density at radius 3 is 2.52 bits per heavy atom. The average molecular weight is 347 g/mol. The van der Waals surface area contributed by atoms with E-state index in [0.29, 0.717) is 18.6 Å². The minimum atomic E-state index is -0.122. The molecule has 1 aromatic carbocycles. The molecule has 4 heteroatoms. The zero-order valence-corrected chi connectivity index (χ0v) is 16.1. The van der Waals surface area contributed by atoms with E-state index in [4.69, 9.17) is 4.74 Å². The van der Waals surface area contributed by atoms with Gasteiger partial charge in [0.25, 0.3) is 0 Å². The third-order valence-corrected chi connectivity index (χ3v) is 4.77. The van der Waals surface area contributed by atoms with Crippen LogP contribution in [0.25, 0.3) is 0 Å². The fourth-order valence-corrected chi connectivity index (χ4v) is 3.38. The van der Waals surface area contributed by atoms with E-state index in [1.807, 2.05) is 4.90 Å². The lowest BCUT2D eigenvalue weighted by Crippen LogP contribution is -2.48. The Morgan fingerprint density at radius 1 is 1.24 bits per heavy atom. The van der Waals surface area contributed by atoms with Gasteiger partial charge in [-0.15, -0.1) is 0 Å². The van der Waals surface area contributed by atoms with Crippen molar-refractivity contribution in [1.82, 2.24) is 9.80 Å². The van der Waals surface area contributed by atoms with Gasteiger partial charge in [0.2, 0.25) is 0 Å². The standard InChI is InChI=1S/C21H34N2O2/c1-4-5-15-25-21(24)23(16-18(2)3)20-11-13-22(14-12-20)17-19-9-7-6-8-10-19/h6-10,18,20H,4-5,11-17H2,1-3H3. The third-order valence-electron chi connectivity index (χ3n) is 4.77. The summed E-state index contributed by atoms with van der Waals surface area (Å²) < 4.78 is 5.49. The van der Waals surface area contributed by atoms with Gasteiger partial charge in [-0.25, -0.2) is 4.79 Å². The van der Waals surface area contributed by atoms with Crippen LogP contribution in [0.1, 0.15) is 52.0 Å². The van der Waals surface area contributed by atoms with Crippen molar-refractivity contribution >= 4 is 6.09 Å². The first kappa shape index (κ1) is 19.8. The number of amides is 1. The van der Waals surface area contributed by atoms with Gasteiger partial charge in [-0.3, -0.25) is 4.90 Å². The molecule has 0 saturated carbocycles. The number of likely N-dealkylation sites (tertiary alicyclic amines) is 1. The summed E-state index contributed by atoms with van der Waals surface area (Å²) >= 11 is 0. The summed E-state index contributed by atoms with van der Waals surface area (Å²) in [7, 11) is 0. The van der Waals surface area contributed by atoms with Gasteiger partial charge in [0.1, 0.15) is 0 Å². The normalized spacial score (nSPS) is 16.2. The highest BCUT2D eigenvalue weighted by Crippen LogP contribution is 2.20. The number of carbonyl (C=O) groups is 1. The maximum Gasteiger partial charge on any atom is 0.410 e. The molecule has 1 fully saturated rings. The first-order chi connectivity index (χ1) is 12.1. The predicted octanol–water partition coefficient (Wildman–Crippen LogP) is 4.55. The van der Waals surface area contributed by atoms with E-state index in [0.717, 1.165) is 51.9 Å². The second kappa shape index (κ2) is 10.4. The molecule has 0 unspecified atom stereocenters. The molecule has 1 heterocycles. The summed E-state index contributed by atoms with van der Waals surface area (Å²) in [6, 6.07) is 10.9. The second-order valence-corrected chi connectivity index (χ2v) is 7.51. The summed E-state index contributed by atoms with van der Waals surface area (Å²) in [5, 5.41) is 0. The molecule has 0 aromatic heterocycles. The zero-order chi connectivity index (χ0) is 18.1. The van der Waals surface area contributed by atoms with Gasteiger partial charge in [0, 0.05) is 32.2 Å². The van der Waals surface area contributed by atoms with E-state index < -0.39 is 0 Å². The molecule has 0 bridgehead atoms. The molecular weight excluding hydrogens is 312 g/mol. The molecule has 25 heavy (non-hydrogen) atoms. The molecular formula is C21H34N2O2. The topological polar surface area (TPSA) is 32.8 Å². The van der Waals surface area contributed by atoms with Crippen molar-refractivity contribution in [3.8, 4) is 0 Å². The lowest BCUT2D eigenvalue weighted by atomic mass is 10.0. The fourth-order valence-electron chi connectivity index (χ4n) is 3.38. The van der Waals surface area contributed by atoms with Crippen LogP contribution in [0, 0.1) is 5.92 Å². The van der Waals surface area contributed by atoms with Crippen LogP contribution in [0.5, 0.6) is 0 Å². The monoisotopic (exact) mass is 346 g/mol. The van der Waals surface area contributed by atoms with Crippen molar-refractivity contribution in [1.29, 1.82) is 0 Å². The summed E-state index contributed by atoms with van der Waals surface area (Å²) in [4.78, 5) is 17.0. The molecule has 0 spiro atoms. The van der Waals surface area contributed by atoms with E-state index in [1.54, 1.807) is 0 Å². The molecule has 0 atom stereocenters. The molecule has 140 valence electrons. The van der Waals surface area contributed by atoms with Crippen molar-refractivity contribution in [2.45, 2.75) is 59.0 Å². The van der Waals surface area contributed by atoms with E-state index in [2.05, 4.69) is 56.0 Å². The smallest absolute Gasteiger partial charge is 0.410 e. The predicted molar refractivity (Wildman–Crippen MR) is 103 cm³/mol. The number of hydrogen-bond acceptors (Lipinski definition) is 3. The maximum absolute atomic E-state index is 12.5. The number of unbranched alkanes of at least 4 members (excludes halogenated alkanes) is 1. The number of hydrogen-bond donors (Lipinski definition) is 0. The summed E-state index contributed by atoms with van der Waals surface area (Å²) in [6.07, 6.45) is 3.93. The van der Waals surface area contributed by atoms with Gasteiger partial charge < -0.3 is 9.64 Å². The molecule has 0 radical (unpaired) electrons. The number of benzene rings is 1. The minimum Gasteiger partial charge on any atom is -0.449 e. The molecule has 0 N–H and O–H groups in total. The Morgan fingerprint density at radius 2 is 1.92 bits per heavy atom. The van der Waals surface area contributed by atoms with Crippen molar-refractivity contribution < 1.29 is 9.53 Å². The van der Waals surface area contributed by atoms with Gasteiger partial charge >= 0.3 is 6.09 Å². The molecule has 4 nitrogen and oxygen atoms in total. The second-order valence-electron chi connectivity index (χ2n) is 7.51. The summed E-state index contributed by atoms with van der Waals surface area (Å²) in [5.74, 6) is 0.459.